The topological polar surface area (TPSA) is 63.8 Å². The monoisotopic (exact) mass is 478 g/mol. The third-order valence-electron chi connectivity index (χ3n) is 5.69. The zero-order chi connectivity index (χ0) is 23.2. The van der Waals surface area contributed by atoms with E-state index in [1.165, 1.54) is 12.3 Å². The van der Waals surface area contributed by atoms with Gasteiger partial charge in [0.25, 0.3) is 0 Å². The van der Waals surface area contributed by atoms with Crippen LogP contribution in [-0.2, 0) is 12.6 Å². The summed E-state index contributed by atoms with van der Waals surface area (Å²) in [4.78, 5) is 12.3. The first kappa shape index (κ1) is 21.5. The summed E-state index contributed by atoms with van der Waals surface area (Å²) < 4.78 is 15.7. The van der Waals surface area contributed by atoms with Gasteiger partial charge in [-0.15, -0.1) is 0 Å². The van der Waals surface area contributed by atoms with Gasteiger partial charge in [-0.05, 0) is 29.3 Å². The van der Waals surface area contributed by atoms with E-state index < -0.39 is 11.5 Å². The van der Waals surface area contributed by atoms with Crippen molar-refractivity contribution in [2.24, 2.45) is 7.05 Å². The van der Waals surface area contributed by atoms with Crippen LogP contribution >= 0.6 is 23.2 Å². The van der Waals surface area contributed by atoms with Crippen LogP contribution in [0.4, 0.5) is 4.39 Å². The molecule has 164 valence electrons. The van der Waals surface area contributed by atoms with E-state index in [1.807, 2.05) is 30.3 Å². The lowest BCUT2D eigenvalue weighted by atomic mass is 9.83. The highest BCUT2D eigenvalue weighted by Gasteiger charge is 2.37. The summed E-state index contributed by atoms with van der Waals surface area (Å²) in [6.07, 6.45) is 4.43. The molecule has 0 bridgehead atoms. The number of hydrogen-bond acceptors (Lipinski definition) is 4. The molecule has 0 fully saturated rings. The molecule has 0 aliphatic heterocycles. The second-order valence-electron chi connectivity index (χ2n) is 7.66. The van der Waals surface area contributed by atoms with Gasteiger partial charge in [-0.3, -0.25) is 0 Å². The lowest BCUT2D eigenvalue weighted by Gasteiger charge is -2.30. The van der Waals surface area contributed by atoms with E-state index in [2.05, 4.69) is 15.0 Å². The quantitative estimate of drug-likeness (QED) is 0.333. The Morgan fingerprint density at radius 1 is 1.00 bits per heavy atom. The fraction of sp³-hybridized carbons (Fsp3) is 0.0800. The lowest BCUT2D eigenvalue weighted by Crippen LogP contribution is -2.31. The number of aliphatic hydroxyl groups is 1. The van der Waals surface area contributed by atoms with Crippen LogP contribution in [0.3, 0.4) is 0 Å². The maximum atomic E-state index is 14.1. The molecule has 0 aliphatic rings. The number of rotatable bonds is 4. The number of hydrogen-bond donors (Lipinski definition) is 1. The van der Waals surface area contributed by atoms with E-state index in [0.29, 0.717) is 38.3 Å². The number of nitrogens with zero attached hydrogens (tertiary/aromatic N) is 4. The second-order valence-corrected chi connectivity index (χ2v) is 8.39. The van der Waals surface area contributed by atoms with Crippen molar-refractivity contribution in [2.45, 2.75) is 5.60 Å². The molecule has 3 heterocycles. The summed E-state index contributed by atoms with van der Waals surface area (Å²) in [5.74, 6) is -0.702. The largest absolute Gasteiger partial charge is 0.374 e. The van der Waals surface area contributed by atoms with Gasteiger partial charge in [0.15, 0.2) is 5.60 Å². The predicted molar refractivity (Wildman–Crippen MR) is 127 cm³/mol. The summed E-state index contributed by atoms with van der Waals surface area (Å²) in [6.45, 7) is 0. The van der Waals surface area contributed by atoms with Crippen molar-refractivity contribution in [3.63, 3.8) is 0 Å². The van der Waals surface area contributed by atoms with Gasteiger partial charge in [0.05, 0.1) is 28.8 Å². The van der Waals surface area contributed by atoms with Crippen molar-refractivity contribution in [1.82, 2.24) is 19.5 Å². The summed E-state index contributed by atoms with van der Waals surface area (Å²) in [5, 5.41) is 13.4. The molecule has 5 aromatic rings. The Morgan fingerprint density at radius 3 is 2.45 bits per heavy atom. The first-order chi connectivity index (χ1) is 15.9. The minimum Gasteiger partial charge on any atom is -0.374 e. The average Bonchev–Trinajstić information content (AvgIpc) is 3.25. The van der Waals surface area contributed by atoms with Crippen molar-refractivity contribution in [1.29, 1.82) is 0 Å². The number of aromatic nitrogens is 4. The standard InChI is InChI=1S/C25H17Cl2FN4O/c1-32-14-29-13-20(32)25(33,17-9-10-30-21(28)12-17)16-7-8-19-18(11-16)23(26)22(24(27)31-19)15-5-3-2-4-6-15/h2-14,33H,1H3. The first-order valence-electron chi connectivity index (χ1n) is 10.1. The van der Waals surface area contributed by atoms with E-state index >= 15 is 0 Å². The Balaban J connectivity index is 1.79. The first-order valence-corrected chi connectivity index (χ1v) is 10.8. The Morgan fingerprint density at radius 2 is 1.76 bits per heavy atom. The summed E-state index contributed by atoms with van der Waals surface area (Å²) >= 11 is 13.3. The fourth-order valence-electron chi connectivity index (χ4n) is 4.07. The van der Waals surface area contributed by atoms with Gasteiger partial charge in [0.1, 0.15) is 5.15 Å². The Kier molecular flexibility index (Phi) is 5.37. The molecule has 3 aromatic heterocycles. The molecule has 0 amide bonds. The predicted octanol–water partition coefficient (Wildman–Crippen LogP) is 5.76. The molecular weight excluding hydrogens is 462 g/mol. The van der Waals surface area contributed by atoms with Crippen LogP contribution in [0.1, 0.15) is 16.8 Å². The molecule has 1 N–H and O–H groups in total. The number of aryl methyl sites for hydroxylation is 1. The molecule has 5 rings (SSSR count). The number of imidazole rings is 1. The molecule has 1 unspecified atom stereocenters. The highest BCUT2D eigenvalue weighted by atomic mass is 35.5. The SMILES string of the molecule is Cn1cncc1C(O)(c1ccnc(F)c1)c1ccc2nc(Cl)c(-c3ccccc3)c(Cl)c2c1. The summed E-state index contributed by atoms with van der Waals surface area (Å²) in [5.41, 5.74) is 1.50. The van der Waals surface area contributed by atoms with Crippen molar-refractivity contribution >= 4 is 34.1 Å². The molecule has 1 atom stereocenters. The van der Waals surface area contributed by atoms with Gasteiger partial charge >= 0.3 is 0 Å². The van der Waals surface area contributed by atoms with Crippen LogP contribution in [0.5, 0.6) is 0 Å². The lowest BCUT2D eigenvalue weighted by molar-refractivity contribution is 0.117. The number of pyridine rings is 2. The molecule has 0 saturated carbocycles. The molecule has 8 heteroatoms. The number of benzene rings is 2. The van der Waals surface area contributed by atoms with Crippen molar-refractivity contribution in [2.75, 3.05) is 0 Å². The van der Waals surface area contributed by atoms with E-state index in [1.54, 1.807) is 48.4 Å². The molecule has 33 heavy (non-hydrogen) atoms. The summed E-state index contributed by atoms with van der Waals surface area (Å²) in [6, 6.07) is 17.5. The third kappa shape index (κ3) is 3.56. The molecule has 5 nitrogen and oxygen atoms in total. The molecule has 0 saturated heterocycles. The maximum absolute atomic E-state index is 14.1. The smallest absolute Gasteiger partial charge is 0.213 e. The molecule has 0 spiro atoms. The van der Waals surface area contributed by atoms with Crippen LogP contribution in [0.2, 0.25) is 10.2 Å². The minimum atomic E-state index is -1.72. The Labute approximate surface area is 199 Å². The van der Waals surface area contributed by atoms with E-state index in [0.717, 1.165) is 5.56 Å². The van der Waals surface area contributed by atoms with E-state index in [-0.39, 0.29) is 5.15 Å². The fourth-order valence-corrected chi connectivity index (χ4v) is 4.76. The molecule has 0 aliphatic carbocycles. The molecule has 2 aromatic carbocycles. The van der Waals surface area contributed by atoms with Gasteiger partial charge in [-0.2, -0.15) is 4.39 Å². The maximum Gasteiger partial charge on any atom is 0.213 e. The number of fused-ring (bicyclic) bond motifs is 1. The van der Waals surface area contributed by atoms with Gasteiger partial charge in [0.2, 0.25) is 5.95 Å². The zero-order valence-corrected chi connectivity index (χ0v) is 18.9. The Bertz CT molecular complexity index is 1490. The van der Waals surface area contributed by atoms with Crippen molar-refractivity contribution < 1.29 is 9.50 Å². The van der Waals surface area contributed by atoms with Crippen molar-refractivity contribution in [3.05, 3.63) is 112 Å². The van der Waals surface area contributed by atoms with Crippen LogP contribution in [0.25, 0.3) is 22.0 Å². The Hall–Kier alpha value is -3.32. The second kappa shape index (κ2) is 8.23. The number of halogens is 3. The summed E-state index contributed by atoms with van der Waals surface area (Å²) in [7, 11) is 1.76. The van der Waals surface area contributed by atoms with Crippen LogP contribution in [-0.4, -0.2) is 24.6 Å². The zero-order valence-electron chi connectivity index (χ0n) is 17.4. The molecule has 0 radical (unpaired) electrons. The van der Waals surface area contributed by atoms with Crippen molar-refractivity contribution in [3.8, 4) is 11.1 Å². The van der Waals surface area contributed by atoms with E-state index in [9.17, 15) is 9.50 Å². The van der Waals surface area contributed by atoms with Crippen LogP contribution in [0, 0.1) is 5.95 Å². The van der Waals surface area contributed by atoms with Gasteiger partial charge in [-0.25, -0.2) is 15.0 Å². The minimum absolute atomic E-state index is 0.282. The van der Waals surface area contributed by atoms with Crippen LogP contribution < -0.4 is 0 Å². The van der Waals surface area contributed by atoms with E-state index in [4.69, 9.17) is 23.2 Å². The highest BCUT2D eigenvalue weighted by Crippen LogP contribution is 2.42. The third-order valence-corrected chi connectivity index (χ3v) is 6.36. The highest BCUT2D eigenvalue weighted by molar-refractivity contribution is 6.42. The average molecular weight is 479 g/mol. The molecular formula is C25H17Cl2FN4O. The van der Waals surface area contributed by atoms with Gasteiger partial charge in [-0.1, -0.05) is 59.6 Å². The van der Waals surface area contributed by atoms with Gasteiger partial charge in [0, 0.05) is 35.8 Å². The van der Waals surface area contributed by atoms with Gasteiger partial charge < -0.3 is 9.67 Å². The van der Waals surface area contributed by atoms with Crippen LogP contribution in [0.15, 0.2) is 79.4 Å². The normalized spacial score (nSPS) is 13.2.